The topological polar surface area (TPSA) is 123 Å². The molecule has 0 saturated heterocycles. The van der Waals surface area contributed by atoms with Crippen LogP contribution in [0.4, 0.5) is 17.1 Å². The summed E-state index contributed by atoms with van der Waals surface area (Å²) in [5, 5.41) is 8.34. The number of methoxy groups -OCH3 is 2. The maximum Gasteiger partial charge on any atom is 0.337 e. The maximum atomic E-state index is 12.7. The van der Waals surface area contributed by atoms with E-state index in [1.54, 1.807) is 48.5 Å². The largest absolute Gasteiger partial charge is 0.465 e. The molecule has 0 aliphatic heterocycles. The molecular weight excluding hydrogens is 438 g/mol. The molecule has 0 bridgehead atoms. The van der Waals surface area contributed by atoms with Crippen molar-refractivity contribution in [2.45, 2.75) is 0 Å². The van der Waals surface area contributed by atoms with Crippen molar-refractivity contribution in [3.05, 3.63) is 89.5 Å². The predicted molar refractivity (Wildman–Crippen MR) is 127 cm³/mol. The number of benzene rings is 3. The van der Waals surface area contributed by atoms with Crippen LogP contribution in [0.3, 0.4) is 0 Å². The van der Waals surface area contributed by atoms with Crippen LogP contribution in [0.5, 0.6) is 0 Å². The van der Waals surface area contributed by atoms with Gasteiger partial charge in [0.15, 0.2) is 0 Å². The lowest BCUT2D eigenvalue weighted by Gasteiger charge is -2.13. The van der Waals surface area contributed by atoms with Gasteiger partial charge in [0.05, 0.1) is 43.1 Å². The summed E-state index contributed by atoms with van der Waals surface area (Å²) in [4.78, 5) is 49.1. The van der Waals surface area contributed by atoms with Crippen LogP contribution in [0.2, 0.25) is 0 Å². The van der Waals surface area contributed by atoms with Gasteiger partial charge in [-0.15, -0.1) is 0 Å². The molecule has 9 heteroatoms. The summed E-state index contributed by atoms with van der Waals surface area (Å²) < 4.78 is 9.41. The fourth-order valence-corrected chi connectivity index (χ4v) is 3.09. The van der Waals surface area contributed by atoms with Gasteiger partial charge in [-0.05, 0) is 42.5 Å². The molecule has 2 amide bonds. The molecule has 0 spiro atoms. The molecule has 0 atom stereocenters. The van der Waals surface area contributed by atoms with E-state index in [4.69, 9.17) is 9.47 Å². The highest BCUT2D eigenvalue weighted by Gasteiger charge is 2.16. The Bertz CT molecular complexity index is 1180. The monoisotopic (exact) mass is 461 g/mol. The van der Waals surface area contributed by atoms with Gasteiger partial charge in [-0.3, -0.25) is 9.59 Å². The van der Waals surface area contributed by atoms with E-state index < -0.39 is 17.8 Å². The van der Waals surface area contributed by atoms with Crippen molar-refractivity contribution in [3.8, 4) is 0 Å². The third-order valence-corrected chi connectivity index (χ3v) is 4.71. The summed E-state index contributed by atoms with van der Waals surface area (Å²) >= 11 is 0. The Morgan fingerprint density at radius 1 is 0.706 bits per heavy atom. The van der Waals surface area contributed by atoms with Crippen molar-refractivity contribution < 1.29 is 28.7 Å². The van der Waals surface area contributed by atoms with E-state index in [2.05, 4.69) is 16.0 Å². The van der Waals surface area contributed by atoms with E-state index >= 15 is 0 Å². The third-order valence-electron chi connectivity index (χ3n) is 4.71. The quantitative estimate of drug-likeness (QED) is 0.438. The van der Waals surface area contributed by atoms with E-state index in [0.29, 0.717) is 22.6 Å². The van der Waals surface area contributed by atoms with E-state index in [1.807, 2.05) is 6.07 Å². The second kappa shape index (κ2) is 11.3. The number of anilines is 3. The number of hydrogen-bond acceptors (Lipinski definition) is 7. The number of nitrogens with one attached hydrogen (secondary N) is 3. The molecule has 3 rings (SSSR count). The molecule has 0 radical (unpaired) electrons. The normalized spacial score (nSPS) is 10.1. The molecule has 34 heavy (non-hydrogen) atoms. The highest BCUT2D eigenvalue weighted by molar-refractivity contribution is 6.10. The lowest BCUT2D eigenvalue weighted by molar-refractivity contribution is -0.114. The van der Waals surface area contributed by atoms with Crippen LogP contribution in [-0.4, -0.2) is 44.5 Å². The highest BCUT2D eigenvalue weighted by Crippen LogP contribution is 2.19. The summed E-state index contributed by atoms with van der Waals surface area (Å²) in [6.45, 7) is -0.195. The Kier molecular flexibility index (Phi) is 7.96. The molecule has 3 aromatic carbocycles. The molecule has 0 aliphatic rings. The number of para-hydroxylation sites is 2. The summed E-state index contributed by atoms with van der Waals surface area (Å²) in [5.74, 6) is -2.10. The smallest absolute Gasteiger partial charge is 0.337 e. The number of carbonyl (C=O) groups excluding carboxylic acids is 4. The zero-order valence-electron chi connectivity index (χ0n) is 18.6. The first kappa shape index (κ1) is 24.0. The van der Waals surface area contributed by atoms with Gasteiger partial charge >= 0.3 is 11.9 Å². The van der Waals surface area contributed by atoms with E-state index in [1.165, 1.54) is 32.4 Å². The second-order valence-electron chi connectivity index (χ2n) is 7.05. The van der Waals surface area contributed by atoms with Gasteiger partial charge in [0.2, 0.25) is 5.91 Å². The molecule has 0 aromatic heterocycles. The van der Waals surface area contributed by atoms with E-state index in [-0.39, 0.29) is 23.6 Å². The minimum Gasteiger partial charge on any atom is -0.465 e. The standard InChI is InChI=1S/C25H23N3O6/c1-33-24(31)16-12-17(25(32)34-2)14-19(13-16)26-15-22(29)28-21-11-7-6-10-20(21)23(30)27-18-8-4-3-5-9-18/h3-14,26H,15H2,1-2H3,(H,27,30)(H,28,29). The van der Waals surface area contributed by atoms with Gasteiger partial charge in [-0.1, -0.05) is 30.3 Å². The average molecular weight is 461 g/mol. The van der Waals surface area contributed by atoms with Crippen LogP contribution in [-0.2, 0) is 14.3 Å². The SMILES string of the molecule is COC(=O)c1cc(NCC(=O)Nc2ccccc2C(=O)Nc2ccccc2)cc(C(=O)OC)c1. The van der Waals surface area contributed by atoms with Gasteiger partial charge in [0.25, 0.3) is 5.91 Å². The highest BCUT2D eigenvalue weighted by atomic mass is 16.5. The summed E-state index contributed by atoms with van der Waals surface area (Å²) in [6.07, 6.45) is 0. The number of rotatable bonds is 8. The fraction of sp³-hybridized carbons (Fsp3) is 0.120. The van der Waals surface area contributed by atoms with Crippen LogP contribution >= 0.6 is 0 Å². The molecule has 0 unspecified atom stereocenters. The van der Waals surface area contributed by atoms with Crippen molar-refractivity contribution in [2.24, 2.45) is 0 Å². The average Bonchev–Trinajstić information content (AvgIpc) is 2.87. The van der Waals surface area contributed by atoms with Crippen molar-refractivity contribution in [1.29, 1.82) is 0 Å². The Balaban J connectivity index is 1.71. The maximum absolute atomic E-state index is 12.7. The number of esters is 2. The van der Waals surface area contributed by atoms with E-state index in [9.17, 15) is 19.2 Å². The molecule has 174 valence electrons. The molecule has 3 aromatic rings. The fourth-order valence-electron chi connectivity index (χ4n) is 3.09. The third kappa shape index (κ3) is 6.19. The molecule has 0 fully saturated rings. The summed E-state index contributed by atoms with van der Waals surface area (Å²) in [5.41, 5.74) is 1.84. The number of ether oxygens (including phenoxy) is 2. The van der Waals surface area contributed by atoms with Crippen LogP contribution in [0, 0.1) is 0 Å². The zero-order valence-corrected chi connectivity index (χ0v) is 18.6. The van der Waals surface area contributed by atoms with Crippen LogP contribution in [0.15, 0.2) is 72.8 Å². The van der Waals surface area contributed by atoms with Gasteiger partial charge < -0.3 is 25.4 Å². The van der Waals surface area contributed by atoms with Crippen molar-refractivity contribution in [3.63, 3.8) is 0 Å². The molecule has 0 saturated carbocycles. The number of carbonyl (C=O) groups is 4. The molecule has 0 heterocycles. The first-order valence-electron chi connectivity index (χ1n) is 10.2. The number of amides is 2. The number of hydrogen-bond donors (Lipinski definition) is 3. The zero-order chi connectivity index (χ0) is 24.5. The van der Waals surface area contributed by atoms with Crippen LogP contribution in [0.1, 0.15) is 31.1 Å². The molecule has 3 N–H and O–H groups in total. The van der Waals surface area contributed by atoms with Gasteiger partial charge in [-0.25, -0.2) is 9.59 Å². The minimum atomic E-state index is -0.642. The van der Waals surface area contributed by atoms with Crippen molar-refractivity contribution in [2.75, 3.05) is 36.7 Å². The van der Waals surface area contributed by atoms with E-state index in [0.717, 1.165) is 0 Å². The van der Waals surface area contributed by atoms with Gasteiger partial charge in [-0.2, -0.15) is 0 Å². The Morgan fingerprint density at radius 2 is 1.29 bits per heavy atom. The second-order valence-corrected chi connectivity index (χ2v) is 7.05. The predicted octanol–water partition coefficient (Wildman–Crippen LogP) is 3.56. The minimum absolute atomic E-state index is 0.122. The Labute approximate surface area is 196 Å². The van der Waals surface area contributed by atoms with Gasteiger partial charge in [0.1, 0.15) is 0 Å². The summed E-state index contributed by atoms with van der Waals surface area (Å²) in [7, 11) is 2.44. The lowest BCUT2D eigenvalue weighted by Crippen LogP contribution is -2.24. The molecular formula is C25H23N3O6. The van der Waals surface area contributed by atoms with Crippen molar-refractivity contribution in [1.82, 2.24) is 0 Å². The first-order chi connectivity index (χ1) is 16.4. The first-order valence-corrected chi connectivity index (χ1v) is 10.2. The Morgan fingerprint density at radius 3 is 1.91 bits per heavy atom. The van der Waals surface area contributed by atoms with Crippen LogP contribution < -0.4 is 16.0 Å². The molecule has 9 nitrogen and oxygen atoms in total. The van der Waals surface area contributed by atoms with Gasteiger partial charge in [0, 0.05) is 11.4 Å². The van der Waals surface area contributed by atoms with Crippen LogP contribution in [0.25, 0.3) is 0 Å². The van der Waals surface area contributed by atoms with Crippen molar-refractivity contribution >= 4 is 40.8 Å². The lowest BCUT2D eigenvalue weighted by atomic mass is 10.1. The Hall–Kier alpha value is -4.66. The summed E-state index contributed by atoms with van der Waals surface area (Å²) in [6, 6.07) is 19.8. The molecule has 0 aliphatic carbocycles.